The molecule has 1 fully saturated rings. The second kappa shape index (κ2) is 7.84. The normalized spacial score (nSPS) is 15.9. The minimum Gasteiger partial charge on any atom is -0.451 e. The topological polar surface area (TPSA) is 51.5 Å². The van der Waals surface area contributed by atoms with E-state index in [1.54, 1.807) is 24.3 Å². The maximum atomic E-state index is 12.1. The molecule has 1 aliphatic rings. The summed E-state index contributed by atoms with van der Waals surface area (Å²) < 4.78 is 11.4. The van der Waals surface area contributed by atoms with E-state index < -0.39 is 0 Å². The fourth-order valence-electron chi connectivity index (χ4n) is 2.97. The van der Waals surface area contributed by atoms with Crippen molar-refractivity contribution in [1.29, 1.82) is 0 Å². The molecule has 4 nitrogen and oxygen atoms in total. The van der Waals surface area contributed by atoms with Gasteiger partial charge in [-0.1, -0.05) is 30.9 Å². The first kappa shape index (κ1) is 16.3. The third kappa shape index (κ3) is 4.49. The zero-order valence-electron chi connectivity index (χ0n) is 13.1. The van der Waals surface area contributed by atoms with Crippen LogP contribution < -0.4 is 5.32 Å². The summed E-state index contributed by atoms with van der Waals surface area (Å²) in [6.07, 6.45) is 7.46. The number of hydrogen-bond donors (Lipinski definition) is 1. The minimum absolute atomic E-state index is 0.199. The lowest BCUT2D eigenvalue weighted by Gasteiger charge is -2.21. The van der Waals surface area contributed by atoms with Crippen LogP contribution in [0.1, 0.15) is 49.1 Å². The number of nitrogens with one attached hydrogen (secondary N) is 1. The second-order valence-electron chi connectivity index (χ2n) is 6.03. The molecule has 3 rings (SSSR count). The van der Waals surface area contributed by atoms with Gasteiger partial charge in [-0.25, -0.2) is 0 Å². The molecule has 1 aromatic heterocycles. The lowest BCUT2D eigenvalue weighted by Crippen LogP contribution is -2.25. The average Bonchev–Trinajstić information content (AvgIpc) is 2.98. The molecule has 1 amide bonds. The molecule has 0 aliphatic heterocycles. The molecule has 0 spiro atoms. The summed E-state index contributed by atoms with van der Waals surface area (Å²) >= 11 is 5.93. The Hall–Kier alpha value is -1.52. The van der Waals surface area contributed by atoms with Gasteiger partial charge in [0.15, 0.2) is 5.76 Å². The van der Waals surface area contributed by atoms with Crippen LogP contribution in [0.2, 0.25) is 5.02 Å². The van der Waals surface area contributed by atoms with Gasteiger partial charge in [-0.2, -0.15) is 0 Å². The number of hydrogen-bond acceptors (Lipinski definition) is 3. The summed E-state index contributed by atoms with van der Waals surface area (Å²) in [5.41, 5.74) is 0.667. The third-order valence-corrected chi connectivity index (χ3v) is 4.45. The van der Waals surface area contributed by atoms with E-state index in [1.807, 2.05) is 0 Å². The summed E-state index contributed by atoms with van der Waals surface area (Å²) in [5.74, 6) is 0.116. The van der Waals surface area contributed by atoms with E-state index in [4.69, 9.17) is 20.8 Å². The lowest BCUT2D eigenvalue weighted by molar-refractivity contribution is 0.0273. The molecule has 1 N–H and O–H groups in total. The Morgan fingerprint density at radius 1 is 1.26 bits per heavy atom. The number of carbonyl (C=O) groups is 1. The molecule has 2 aromatic rings. The van der Waals surface area contributed by atoms with Gasteiger partial charge in [-0.05, 0) is 43.5 Å². The smallest absolute Gasteiger partial charge is 0.287 e. The molecule has 0 saturated heterocycles. The first-order valence-corrected chi connectivity index (χ1v) is 8.69. The Labute approximate surface area is 141 Å². The van der Waals surface area contributed by atoms with E-state index in [-0.39, 0.29) is 5.91 Å². The van der Waals surface area contributed by atoms with E-state index >= 15 is 0 Å². The number of halogens is 1. The third-order valence-electron chi connectivity index (χ3n) is 4.21. The van der Waals surface area contributed by atoms with Crippen LogP contribution in [0.3, 0.4) is 0 Å². The molecule has 5 heteroatoms. The summed E-state index contributed by atoms with van der Waals surface area (Å²) in [6, 6.07) is 7.02. The van der Waals surface area contributed by atoms with Crippen molar-refractivity contribution in [3.8, 4) is 0 Å². The van der Waals surface area contributed by atoms with Gasteiger partial charge in [0, 0.05) is 23.6 Å². The zero-order chi connectivity index (χ0) is 16.1. The van der Waals surface area contributed by atoms with Crippen molar-refractivity contribution in [2.75, 3.05) is 13.2 Å². The second-order valence-corrected chi connectivity index (χ2v) is 6.47. The van der Waals surface area contributed by atoms with E-state index in [0.717, 1.165) is 11.8 Å². The van der Waals surface area contributed by atoms with Gasteiger partial charge >= 0.3 is 0 Å². The zero-order valence-corrected chi connectivity index (χ0v) is 13.9. The van der Waals surface area contributed by atoms with Crippen molar-refractivity contribution in [2.45, 2.75) is 44.6 Å². The lowest BCUT2D eigenvalue weighted by atomic mass is 9.98. The Kier molecular flexibility index (Phi) is 5.57. The Balaban J connectivity index is 1.41. The van der Waals surface area contributed by atoms with Crippen LogP contribution in [0.4, 0.5) is 0 Å². The highest BCUT2D eigenvalue weighted by molar-refractivity contribution is 6.31. The standard InChI is InChI=1S/C18H22ClNO3/c19-14-7-8-16-13(11-14)12-17(23-16)18(21)20-9-4-10-22-15-5-2-1-3-6-15/h7-8,11-12,15H,1-6,9-10H2,(H,20,21). The van der Waals surface area contributed by atoms with Crippen molar-refractivity contribution in [3.63, 3.8) is 0 Å². The molecule has 0 atom stereocenters. The number of furan rings is 1. The predicted octanol–water partition coefficient (Wildman–Crippen LogP) is 4.56. The molecule has 1 heterocycles. The van der Waals surface area contributed by atoms with Crippen LogP contribution >= 0.6 is 11.6 Å². The number of benzene rings is 1. The van der Waals surface area contributed by atoms with Crippen LogP contribution in [0.25, 0.3) is 11.0 Å². The van der Waals surface area contributed by atoms with E-state index in [0.29, 0.717) is 35.6 Å². The van der Waals surface area contributed by atoms with Crippen molar-refractivity contribution in [1.82, 2.24) is 5.32 Å². The van der Waals surface area contributed by atoms with E-state index in [9.17, 15) is 4.79 Å². The quantitative estimate of drug-likeness (QED) is 0.787. The average molecular weight is 336 g/mol. The first-order chi connectivity index (χ1) is 11.2. The number of carbonyl (C=O) groups excluding carboxylic acids is 1. The summed E-state index contributed by atoms with van der Waals surface area (Å²) in [7, 11) is 0. The predicted molar refractivity (Wildman–Crippen MR) is 91.0 cm³/mol. The van der Waals surface area contributed by atoms with Gasteiger partial charge < -0.3 is 14.5 Å². The fourth-order valence-corrected chi connectivity index (χ4v) is 3.15. The molecule has 124 valence electrons. The first-order valence-electron chi connectivity index (χ1n) is 8.31. The van der Waals surface area contributed by atoms with Crippen molar-refractivity contribution in [2.24, 2.45) is 0 Å². The SMILES string of the molecule is O=C(NCCCOC1CCCCC1)c1cc2cc(Cl)ccc2o1. The molecular formula is C18H22ClNO3. The highest BCUT2D eigenvalue weighted by Gasteiger charge is 2.14. The van der Waals surface area contributed by atoms with Crippen LogP contribution in [-0.4, -0.2) is 25.2 Å². The Bertz CT molecular complexity index is 661. The highest BCUT2D eigenvalue weighted by atomic mass is 35.5. The van der Waals surface area contributed by atoms with Crippen LogP contribution in [0.5, 0.6) is 0 Å². The molecule has 0 bridgehead atoms. The fraction of sp³-hybridized carbons (Fsp3) is 0.500. The Morgan fingerprint density at radius 3 is 2.91 bits per heavy atom. The summed E-state index contributed by atoms with van der Waals surface area (Å²) in [6.45, 7) is 1.28. The monoisotopic (exact) mass is 335 g/mol. The van der Waals surface area contributed by atoms with E-state index in [1.165, 1.54) is 32.1 Å². The molecule has 1 aromatic carbocycles. The summed E-state index contributed by atoms with van der Waals surface area (Å²) in [5, 5.41) is 4.33. The minimum atomic E-state index is -0.199. The number of fused-ring (bicyclic) bond motifs is 1. The van der Waals surface area contributed by atoms with Crippen LogP contribution in [0.15, 0.2) is 28.7 Å². The summed E-state index contributed by atoms with van der Waals surface area (Å²) in [4.78, 5) is 12.1. The largest absolute Gasteiger partial charge is 0.451 e. The van der Waals surface area contributed by atoms with Gasteiger partial charge in [0.05, 0.1) is 6.10 Å². The maximum Gasteiger partial charge on any atom is 0.287 e. The van der Waals surface area contributed by atoms with Crippen LogP contribution in [-0.2, 0) is 4.74 Å². The van der Waals surface area contributed by atoms with E-state index in [2.05, 4.69) is 5.32 Å². The van der Waals surface area contributed by atoms with Gasteiger partial charge in [-0.15, -0.1) is 0 Å². The molecule has 23 heavy (non-hydrogen) atoms. The number of rotatable bonds is 6. The molecule has 0 unspecified atom stereocenters. The number of amides is 1. The Morgan fingerprint density at radius 2 is 2.09 bits per heavy atom. The van der Waals surface area contributed by atoms with Crippen molar-refractivity contribution < 1.29 is 13.9 Å². The number of ether oxygens (including phenoxy) is 1. The molecule has 1 saturated carbocycles. The van der Waals surface area contributed by atoms with Crippen LogP contribution in [0, 0.1) is 0 Å². The van der Waals surface area contributed by atoms with Crippen molar-refractivity contribution >= 4 is 28.5 Å². The van der Waals surface area contributed by atoms with Gasteiger partial charge in [0.1, 0.15) is 5.58 Å². The molecular weight excluding hydrogens is 314 g/mol. The van der Waals surface area contributed by atoms with Gasteiger partial charge in [0.25, 0.3) is 5.91 Å². The van der Waals surface area contributed by atoms with Gasteiger partial charge in [0.2, 0.25) is 0 Å². The molecule has 0 radical (unpaired) electrons. The highest BCUT2D eigenvalue weighted by Crippen LogP contribution is 2.23. The molecule has 1 aliphatic carbocycles. The maximum absolute atomic E-state index is 12.1. The van der Waals surface area contributed by atoms with Crippen molar-refractivity contribution in [3.05, 3.63) is 35.0 Å². The van der Waals surface area contributed by atoms with Gasteiger partial charge in [-0.3, -0.25) is 4.79 Å².